The van der Waals surface area contributed by atoms with Crippen molar-refractivity contribution in [2.75, 3.05) is 12.4 Å². The van der Waals surface area contributed by atoms with Gasteiger partial charge >= 0.3 is 0 Å². The number of hydrogen-bond donors (Lipinski definition) is 2. The van der Waals surface area contributed by atoms with Crippen molar-refractivity contribution in [3.63, 3.8) is 0 Å². The van der Waals surface area contributed by atoms with Crippen molar-refractivity contribution in [3.8, 4) is 11.4 Å². The Morgan fingerprint density at radius 2 is 2.18 bits per heavy atom. The van der Waals surface area contributed by atoms with Gasteiger partial charge in [0, 0.05) is 22.4 Å². The van der Waals surface area contributed by atoms with Gasteiger partial charge in [-0.05, 0) is 12.5 Å². The lowest BCUT2D eigenvalue weighted by Gasteiger charge is -1.98. The molecule has 0 aliphatic heterocycles. The average Bonchev–Trinajstić information content (AvgIpc) is 2.79. The van der Waals surface area contributed by atoms with Crippen molar-refractivity contribution in [2.45, 2.75) is 11.6 Å². The number of nitrogens with zero attached hydrogens (tertiary/aromatic N) is 2. The van der Waals surface area contributed by atoms with E-state index in [4.69, 9.17) is 5.11 Å². The third-order valence-corrected chi connectivity index (χ3v) is 3.75. The minimum absolute atomic E-state index is 0.203. The standard InChI is InChI=1S/C11H12BrN3OS/c12-9-5-2-1-4-8(9)10-13-11(15-14-10)17-7-3-6-16/h1-2,4-5,16H,3,6-7H2,(H,13,14,15). The van der Waals surface area contributed by atoms with Gasteiger partial charge < -0.3 is 5.11 Å². The molecule has 0 spiro atoms. The summed E-state index contributed by atoms with van der Waals surface area (Å²) < 4.78 is 0.989. The molecule has 17 heavy (non-hydrogen) atoms. The van der Waals surface area contributed by atoms with E-state index in [1.807, 2.05) is 24.3 Å². The summed E-state index contributed by atoms with van der Waals surface area (Å²) in [5.41, 5.74) is 0.994. The lowest BCUT2D eigenvalue weighted by molar-refractivity contribution is 0.296. The summed E-state index contributed by atoms with van der Waals surface area (Å²) in [6.07, 6.45) is 0.754. The molecule has 1 heterocycles. The van der Waals surface area contributed by atoms with E-state index in [0.29, 0.717) is 5.16 Å². The molecule has 0 fully saturated rings. The molecule has 2 N–H and O–H groups in total. The van der Waals surface area contributed by atoms with Crippen LogP contribution in [0.25, 0.3) is 11.4 Å². The van der Waals surface area contributed by atoms with Gasteiger partial charge in [0.2, 0.25) is 5.16 Å². The molecule has 0 aliphatic carbocycles. The van der Waals surface area contributed by atoms with Crippen LogP contribution in [0.1, 0.15) is 6.42 Å². The van der Waals surface area contributed by atoms with Crippen molar-refractivity contribution < 1.29 is 5.11 Å². The number of rotatable bonds is 5. The smallest absolute Gasteiger partial charge is 0.208 e. The molecule has 0 amide bonds. The fraction of sp³-hybridized carbons (Fsp3) is 0.273. The van der Waals surface area contributed by atoms with Crippen LogP contribution in [0.3, 0.4) is 0 Å². The molecule has 2 rings (SSSR count). The van der Waals surface area contributed by atoms with Crippen LogP contribution in [0.2, 0.25) is 0 Å². The quantitative estimate of drug-likeness (QED) is 0.658. The molecule has 0 aliphatic rings. The molecule has 1 aromatic carbocycles. The van der Waals surface area contributed by atoms with Gasteiger partial charge in [0.05, 0.1) is 0 Å². The van der Waals surface area contributed by atoms with Gasteiger partial charge in [-0.3, -0.25) is 5.10 Å². The van der Waals surface area contributed by atoms with Crippen LogP contribution in [0, 0.1) is 0 Å². The Balaban J connectivity index is 2.10. The Morgan fingerprint density at radius 3 is 2.94 bits per heavy atom. The number of benzene rings is 1. The molecule has 0 saturated heterocycles. The molecule has 0 unspecified atom stereocenters. The number of nitrogens with one attached hydrogen (secondary N) is 1. The zero-order valence-electron chi connectivity index (χ0n) is 9.06. The highest BCUT2D eigenvalue weighted by Crippen LogP contribution is 2.26. The molecule has 0 radical (unpaired) electrons. The van der Waals surface area contributed by atoms with E-state index in [-0.39, 0.29) is 6.61 Å². The van der Waals surface area contributed by atoms with Gasteiger partial charge in [0.25, 0.3) is 0 Å². The summed E-state index contributed by atoms with van der Waals surface area (Å²) in [7, 11) is 0. The monoisotopic (exact) mass is 313 g/mol. The number of H-pyrrole nitrogens is 1. The molecular weight excluding hydrogens is 302 g/mol. The molecule has 90 valence electrons. The van der Waals surface area contributed by atoms with Gasteiger partial charge in [-0.2, -0.15) is 0 Å². The minimum Gasteiger partial charge on any atom is -0.396 e. The largest absolute Gasteiger partial charge is 0.396 e. The molecule has 1 aromatic heterocycles. The van der Waals surface area contributed by atoms with Crippen LogP contribution in [0.5, 0.6) is 0 Å². The third kappa shape index (κ3) is 3.31. The summed E-state index contributed by atoms with van der Waals surface area (Å²) in [5, 5.41) is 16.5. The first kappa shape index (κ1) is 12.6. The number of hydrogen-bond acceptors (Lipinski definition) is 4. The second-order valence-corrected chi connectivity index (χ2v) is 5.29. The fourth-order valence-electron chi connectivity index (χ4n) is 1.31. The van der Waals surface area contributed by atoms with Gasteiger partial charge in [-0.1, -0.05) is 45.9 Å². The van der Waals surface area contributed by atoms with E-state index in [2.05, 4.69) is 31.1 Å². The van der Waals surface area contributed by atoms with Crippen LogP contribution in [-0.4, -0.2) is 32.6 Å². The second kappa shape index (κ2) is 6.18. The first-order valence-corrected chi connectivity index (χ1v) is 7.00. The molecule has 0 saturated carbocycles. The first-order valence-electron chi connectivity index (χ1n) is 5.22. The van der Waals surface area contributed by atoms with Crippen LogP contribution >= 0.6 is 27.7 Å². The summed E-state index contributed by atoms with van der Waals surface area (Å²) in [6, 6.07) is 7.87. The summed E-state index contributed by atoms with van der Waals surface area (Å²) in [6.45, 7) is 0.203. The summed E-state index contributed by atoms with van der Waals surface area (Å²) >= 11 is 5.02. The number of thioether (sulfide) groups is 1. The normalized spacial score (nSPS) is 10.7. The fourth-order valence-corrected chi connectivity index (χ4v) is 2.51. The summed E-state index contributed by atoms with van der Waals surface area (Å²) in [5.74, 6) is 1.58. The zero-order valence-corrected chi connectivity index (χ0v) is 11.5. The Bertz CT molecular complexity index is 489. The highest BCUT2D eigenvalue weighted by molar-refractivity contribution is 9.10. The van der Waals surface area contributed by atoms with Gasteiger partial charge in [0.1, 0.15) is 0 Å². The highest BCUT2D eigenvalue weighted by Gasteiger charge is 2.08. The van der Waals surface area contributed by atoms with Crippen LogP contribution < -0.4 is 0 Å². The van der Waals surface area contributed by atoms with Gasteiger partial charge in [-0.15, -0.1) is 5.10 Å². The number of aromatic amines is 1. The van der Waals surface area contributed by atoms with E-state index < -0.39 is 0 Å². The van der Waals surface area contributed by atoms with E-state index in [0.717, 1.165) is 28.0 Å². The Labute approximate surface area is 112 Å². The maximum absolute atomic E-state index is 8.70. The third-order valence-electron chi connectivity index (χ3n) is 2.13. The Morgan fingerprint density at radius 1 is 1.35 bits per heavy atom. The van der Waals surface area contributed by atoms with E-state index in [1.165, 1.54) is 11.8 Å². The number of aliphatic hydroxyl groups is 1. The maximum Gasteiger partial charge on any atom is 0.208 e. The minimum atomic E-state index is 0.203. The SMILES string of the molecule is OCCCSc1n[nH]c(-c2ccccc2Br)n1. The first-order chi connectivity index (χ1) is 8.31. The predicted octanol–water partition coefficient (Wildman–Crippen LogP) is 2.71. The Kier molecular flexibility index (Phi) is 4.58. The van der Waals surface area contributed by atoms with Crippen molar-refractivity contribution in [1.82, 2.24) is 15.2 Å². The van der Waals surface area contributed by atoms with E-state index in [1.54, 1.807) is 0 Å². The van der Waals surface area contributed by atoms with Gasteiger partial charge in [0.15, 0.2) is 5.82 Å². The molecule has 6 heteroatoms. The molecule has 0 atom stereocenters. The molecular formula is C11H12BrN3OS. The zero-order chi connectivity index (χ0) is 12.1. The lowest BCUT2D eigenvalue weighted by Crippen LogP contribution is -1.86. The van der Waals surface area contributed by atoms with Crippen molar-refractivity contribution in [3.05, 3.63) is 28.7 Å². The van der Waals surface area contributed by atoms with Crippen molar-refractivity contribution >= 4 is 27.7 Å². The van der Waals surface area contributed by atoms with Gasteiger partial charge in [-0.25, -0.2) is 4.98 Å². The highest BCUT2D eigenvalue weighted by atomic mass is 79.9. The number of halogens is 1. The lowest BCUT2D eigenvalue weighted by atomic mass is 10.2. The van der Waals surface area contributed by atoms with Crippen molar-refractivity contribution in [1.29, 1.82) is 0 Å². The van der Waals surface area contributed by atoms with Crippen LogP contribution in [0.4, 0.5) is 0 Å². The molecule has 0 bridgehead atoms. The summed E-state index contributed by atoms with van der Waals surface area (Å²) in [4.78, 5) is 4.40. The second-order valence-electron chi connectivity index (χ2n) is 3.37. The number of aromatic nitrogens is 3. The number of aliphatic hydroxyl groups excluding tert-OH is 1. The molecule has 4 nitrogen and oxygen atoms in total. The van der Waals surface area contributed by atoms with Crippen LogP contribution in [0.15, 0.2) is 33.9 Å². The van der Waals surface area contributed by atoms with Crippen LogP contribution in [-0.2, 0) is 0 Å². The topological polar surface area (TPSA) is 61.8 Å². The van der Waals surface area contributed by atoms with E-state index >= 15 is 0 Å². The van der Waals surface area contributed by atoms with E-state index in [9.17, 15) is 0 Å². The average molecular weight is 314 g/mol. The molecule has 2 aromatic rings. The maximum atomic E-state index is 8.70. The van der Waals surface area contributed by atoms with Crippen molar-refractivity contribution in [2.24, 2.45) is 0 Å². The Hall–Kier alpha value is -0.850. The predicted molar refractivity (Wildman–Crippen MR) is 71.9 cm³/mol.